The van der Waals surface area contributed by atoms with Crippen LogP contribution in [0.4, 0.5) is 5.13 Å². The van der Waals surface area contributed by atoms with Gasteiger partial charge < -0.3 is 4.42 Å². The number of carbonyl (C=O) groups excluding carboxylic acids is 1. The zero-order chi connectivity index (χ0) is 21.2. The van der Waals surface area contributed by atoms with Crippen LogP contribution in [0.2, 0.25) is 5.02 Å². The van der Waals surface area contributed by atoms with Crippen molar-refractivity contribution in [2.45, 2.75) is 26.8 Å². The third-order valence-corrected chi connectivity index (χ3v) is 6.88. The summed E-state index contributed by atoms with van der Waals surface area (Å²) in [5.74, 6) is -0.339. The van der Waals surface area contributed by atoms with E-state index >= 15 is 0 Å². The summed E-state index contributed by atoms with van der Waals surface area (Å²) >= 11 is 7.68. The Balaban J connectivity index is 1.84. The molecular formula is C22H16ClN3O3S. The van der Waals surface area contributed by atoms with Gasteiger partial charge in [-0.1, -0.05) is 11.6 Å². The molecule has 1 aliphatic rings. The molecule has 0 N–H and O–H groups in total. The lowest BCUT2D eigenvalue weighted by molar-refractivity contribution is 0.0971. The van der Waals surface area contributed by atoms with Gasteiger partial charge in [0.15, 0.2) is 10.6 Å². The summed E-state index contributed by atoms with van der Waals surface area (Å²) in [6.45, 7) is 5.67. The lowest BCUT2D eigenvalue weighted by Gasteiger charge is -2.22. The summed E-state index contributed by atoms with van der Waals surface area (Å²) in [5.41, 5.74) is 2.74. The smallest absolute Gasteiger partial charge is 0.297 e. The predicted molar refractivity (Wildman–Crippen MR) is 117 cm³/mol. The van der Waals surface area contributed by atoms with Gasteiger partial charge in [-0.05, 0) is 56.2 Å². The van der Waals surface area contributed by atoms with Gasteiger partial charge in [0.1, 0.15) is 5.58 Å². The number of anilines is 1. The Kier molecular flexibility index (Phi) is 4.27. The van der Waals surface area contributed by atoms with Crippen LogP contribution in [0, 0.1) is 20.8 Å². The fraction of sp³-hybridized carbons (Fsp3) is 0.182. The van der Waals surface area contributed by atoms with E-state index in [1.165, 1.54) is 11.3 Å². The minimum atomic E-state index is -0.652. The molecule has 0 unspecified atom stereocenters. The molecule has 0 fully saturated rings. The van der Waals surface area contributed by atoms with E-state index in [1.54, 1.807) is 41.6 Å². The highest BCUT2D eigenvalue weighted by Gasteiger charge is 2.45. The topological polar surface area (TPSA) is 76.3 Å². The van der Waals surface area contributed by atoms with Crippen LogP contribution in [-0.2, 0) is 0 Å². The molecule has 4 heterocycles. The predicted octanol–water partition coefficient (Wildman–Crippen LogP) is 4.97. The van der Waals surface area contributed by atoms with Crippen molar-refractivity contribution in [2.24, 2.45) is 0 Å². The first-order valence-electron chi connectivity index (χ1n) is 9.31. The first-order valence-corrected chi connectivity index (χ1v) is 10.5. The van der Waals surface area contributed by atoms with Crippen molar-refractivity contribution in [2.75, 3.05) is 4.90 Å². The minimum Gasteiger partial charge on any atom is -0.450 e. The highest BCUT2D eigenvalue weighted by Crippen LogP contribution is 2.43. The number of pyridine rings is 1. The Morgan fingerprint density at radius 1 is 1.13 bits per heavy atom. The van der Waals surface area contributed by atoms with Crippen molar-refractivity contribution in [1.82, 2.24) is 9.97 Å². The quantitative estimate of drug-likeness (QED) is 0.442. The Hall–Kier alpha value is -3.03. The first kappa shape index (κ1) is 19.0. The molecule has 4 aromatic rings. The van der Waals surface area contributed by atoms with Gasteiger partial charge in [0.25, 0.3) is 5.91 Å². The fourth-order valence-corrected chi connectivity index (χ4v) is 4.81. The van der Waals surface area contributed by atoms with Crippen molar-refractivity contribution in [3.63, 3.8) is 0 Å². The third-order valence-electron chi connectivity index (χ3n) is 5.40. The number of amides is 1. The monoisotopic (exact) mass is 437 g/mol. The second-order valence-electron chi connectivity index (χ2n) is 7.27. The van der Waals surface area contributed by atoms with Gasteiger partial charge in [0, 0.05) is 22.3 Å². The van der Waals surface area contributed by atoms with Gasteiger partial charge >= 0.3 is 0 Å². The third kappa shape index (κ3) is 2.69. The van der Waals surface area contributed by atoms with Gasteiger partial charge in [0.2, 0.25) is 5.76 Å². The lowest BCUT2D eigenvalue weighted by atomic mass is 9.99. The van der Waals surface area contributed by atoms with Crippen molar-refractivity contribution >= 4 is 44.9 Å². The molecule has 1 aliphatic heterocycles. The Labute approximate surface area is 180 Å². The number of halogens is 1. The molecule has 0 saturated heterocycles. The minimum absolute atomic E-state index is 0.0431. The maximum atomic E-state index is 13.5. The summed E-state index contributed by atoms with van der Waals surface area (Å²) in [6.07, 6.45) is 3.27. The molecule has 8 heteroatoms. The van der Waals surface area contributed by atoms with E-state index in [4.69, 9.17) is 16.0 Å². The largest absolute Gasteiger partial charge is 0.450 e. The van der Waals surface area contributed by atoms with Gasteiger partial charge in [0.05, 0.1) is 22.7 Å². The number of thiazole rings is 1. The molecule has 5 rings (SSSR count). The highest BCUT2D eigenvalue weighted by molar-refractivity contribution is 7.15. The normalized spacial score (nSPS) is 15.8. The van der Waals surface area contributed by atoms with E-state index in [2.05, 4.69) is 9.97 Å². The average Bonchev–Trinajstić information content (AvgIpc) is 3.21. The van der Waals surface area contributed by atoms with Crippen LogP contribution in [-0.4, -0.2) is 15.9 Å². The second-order valence-corrected chi connectivity index (χ2v) is 8.86. The SMILES string of the molecule is Cc1cc2oc3c(c(=O)c2cc1Cl)[C@@H](c1ccncc1)N(c1nc(C)c(C)s1)C3=O. The van der Waals surface area contributed by atoms with Crippen molar-refractivity contribution in [3.05, 3.63) is 84.9 Å². The van der Waals surface area contributed by atoms with Crippen LogP contribution >= 0.6 is 22.9 Å². The number of aryl methyl sites for hydroxylation is 3. The number of rotatable bonds is 2. The van der Waals surface area contributed by atoms with Crippen molar-refractivity contribution < 1.29 is 9.21 Å². The molecule has 150 valence electrons. The molecule has 1 amide bonds. The van der Waals surface area contributed by atoms with E-state index < -0.39 is 6.04 Å². The maximum Gasteiger partial charge on any atom is 0.297 e. The molecule has 0 bridgehead atoms. The second kappa shape index (κ2) is 6.75. The summed E-state index contributed by atoms with van der Waals surface area (Å²) in [6, 6.07) is 6.22. The van der Waals surface area contributed by atoms with E-state index in [1.807, 2.05) is 20.8 Å². The van der Waals surface area contributed by atoms with Crippen molar-refractivity contribution in [1.29, 1.82) is 0 Å². The van der Waals surface area contributed by atoms with E-state index in [9.17, 15) is 9.59 Å². The molecular weight excluding hydrogens is 422 g/mol. The molecule has 0 aliphatic carbocycles. The Bertz CT molecular complexity index is 1380. The molecule has 0 saturated carbocycles. The highest BCUT2D eigenvalue weighted by atomic mass is 35.5. The van der Waals surface area contributed by atoms with Crippen LogP contribution in [0.1, 0.15) is 43.9 Å². The lowest BCUT2D eigenvalue weighted by Crippen LogP contribution is -2.29. The van der Waals surface area contributed by atoms with Crippen LogP contribution < -0.4 is 10.3 Å². The zero-order valence-electron chi connectivity index (χ0n) is 16.4. The fourth-order valence-electron chi connectivity index (χ4n) is 3.71. The maximum absolute atomic E-state index is 13.5. The molecule has 1 aromatic carbocycles. The van der Waals surface area contributed by atoms with Gasteiger partial charge in [-0.25, -0.2) is 4.98 Å². The number of hydrogen-bond donors (Lipinski definition) is 0. The first-order chi connectivity index (χ1) is 14.4. The molecule has 3 aromatic heterocycles. The van der Waals surface area contributed by atoms with Crippen LogP contribution in [0.25, 0.3) is 11.0 Å². The number of carbonyl (C=O) groups is 1. The van der Waals surface area contributed by atoms with E-state index in [0.717, 1.165) is 21.7 Å². The molecule has 0 radical (unpaired) electrons. The number of fused-ring (bicyclic) bond motifs is 2. The molecule has 6 nitrogen and oxygen atoms in total. The summed E-state index contributed by atoms with van der Waals surface area (Å²) < 4.78 is 5.99. The van der Waals surface area contributed by atoms with Crippen LogP contribution in [0.15, 0.2) is 45.9 Å². The van der Waals surface area contributed by atoms with Crippen molar-refractivity contribution in [3.8, 4) is 0 Å². The Morgan fingerprint density at radius 2 is 1.87 bits per heavy atom. The van der Waals surface area contributed by atoms with Crippen LogP contribution in [0.5, 0.6) is 0 Å². The standard InChI is InChI=1S/C22H16ClN3O3S/c1-10-8-16-14(9-15(10)23)19(27)17-18(13-4-6-24-7-5-13)26(21(28)20(17)29-16)22-25-11(2)12(3)30-22/h4-9,18H,1-3H3/t18-/m1/s1. The average molecular weight is 438 g/mol. The van der Waals surface area contributed by atoms with Gasteiger partial charge in [-0.2, -0.15) is 0 Å². The molecule has 0 spiro atoms. The number of hydrogen-bond acceptors (Lipinski definition) is 6. The van der Waals surface area contributed by atoms with E-state index in [0.29, 0.717) is 26.7 Å². The zero-order valence-corrected chi connectivity index (χ0v) is 18.0. The summed E-state index contributed by atoms with van der Waals surface area (Å²) in [7, 11) is 0. The van der Waals surface area contributed by atoms with Crippen LogP contribution in [0.3, 0.4) is 0 Å². The molecule has 1 atom stereocenters. The van der Waals surface area contributed by atoms with Gasteiger partial charge in [-0.15, -0.1) is 11.3 Å². The number of benzene rings is 1. The molecule has 30 heavy (non-hydrogen) atoms. The van der Waals surface area contributed by atoms with Gasteiger partial charge in [-0.3, -0.25) is 19.5 Å². The summed E-state index contributed by atoms with van der Waals surface area (Å²) in [4.78, 5) is 38.2. The Morgan fingerprint density at radius 3 is 2.53 bits per heavy atom. The number of nitrogens with zero attached hydrogens (tertiary/aromatic N) is 3. The summed E-state index contributed by atoms with van der Waals surface area (Å²) in [5, 5.41) is 1.35. The van der Waals surface area contributed by atoms with E-state index in [-0.39, 0.29) is 17.1 Å². The number of aromatic nitrogens is 2.